The predicted molar refractivity (Wildman–Crippen MR) is 72.5 cm³/mol. The van der Waals surface area contributed by atoms with E-state index in [1.165, 1.54) is 11.0 Å². The summed E-state index contributed by atoms with van der Waals surface area (Å²) >= 11 is 0. The summed E-state index contributed by atoms with van der Waals surface area (Å²) in [4.78, 5) is 12.9. The zero-order chi connectivity index (χ0) is 14.5. The van der Waals surface area contributed by atoms with Crippen molar-refractivity contribution in [2.45, 2.75) is 6.92 Å². The summed E-state index contributed by atoms with van der Waals surface area (Å²) in [6.45, 7) is 1.91. The second-order valence-corrected chi connectivity index (χ2v) is 3.93. The van der Waals surface area contributed by atoms with Crippen LogP contribution in [0.5, 0.6) is 0 Å². The number of aryl methyl sites for hydroxylation is 1. The van der Waals surface area contributed by atoms with Crippen LogP contribution >= 0.6 is 0 Å². The Morgan fingerprint density at radius 1 is 1.50 bits per heavy atom. The molecule has 0 spiro atoms. The van der Waals surface area contributed by atoms with Gasteiger partial charge in [-0.15, -0.1) is 0 Å². The van der Waals surface area contributed by atoms with Crippen LogP contribution in [-0.4, -0.2) is 27.6 Å². The third-order valence-corrected chi connectivity index (χ3v) is 2.48. The number of nitrogens with zero attached hydrogens (tertiary/aromatic N) is 4. The van der Waals surface area contributed by atoms with Gasteiger partial charge in [-0.2, -0.15) is 20.3 Å². The maximum absolute atomic E-state index is 11.4. The van der Waals surface area contributed by atoms with Gasteiger partial charge in [0.25, 0.3) is 0 Å². The molecule has 102 valence electrons. The molecule has 0 atom stereocenters. The van der Waals surface area contributed by atoms with Crippen LogP contribution in [0.2, 0.25) is 0 Å². The van der Waals surface area contributed by atoms with Crippen molar-refractivity contribution in [3.05, 3.63) is 30.0 Å². The summed E-state index contributed by atoms with van der Waals surface area (Å²) in [5, 5.41) is 20.1. The molecular weight excluding hydrogens is 258 g/mol. The summed E-state index contributed by atoms with van der Waals surface area (Å²) < 4.78 is 4.76. The minimum absolute atomic E-state index is 0.0916. The highest BCUT2D eigenvalue weighted by atomic mass is 16.5. The van der Waals surface area contributed by atoms with Gasteiger partial charge in [0.05, 0.1) is 6.61 Å². The Bertz CT molecular complexity index is 711. The monoisotopic (exact) mass is 271 g/mol. The number of rotatable bonds is 4. The molecular formula is C13H13N5O2. The Balaban J connectivity index is 2.18. The van der Waals surface area contributed by atoms with Gasteiger partial charge in [-0.3, -0.25) is 0 Å². The van der Waals surface area contributed by atoms with E-state index in [9.17, 15) is 4.79 Å². The number of ether oxygens (including phenoxy) is 1. The fraction of sp³-hybridized carbons (Fsp3) is 0.231. The highest BCUT2D eigenvalue weighted by Crippen LogP contribution is 2.15. The molecule has 0 fully saturated rings. The van der Waals surface area contributed by atoms with E-state index >= 15 is 0 Å². The molecule has 0 amide bonds. The fourth-order valence-electron chi connectivity index (χ4n) is 1.61. The van der Waals surface area contributed by atoms with Gasteiger partial charge < -0.3 is 10.1 Å². The number of carbonyl (C=O) groups is 1. The van der Waals surface area contributed by atoms with Gasteiger partial charge in [-0.25, -0.2) is 4.79 Å². The molecule has 1 aromatic carbocycles. The largest absolute Gasteiger partial charge is 0.462 e. The first-order valence-electron chi connectivity index (χ1n) is 5.99. The predicted octanol–water partition coefficient (Wildman–Crippen LogP) is 1.35. The van der Waals surface area contributed by atoms with Gasteiger partial charge in [-0.05, 0) is 25.1 Å². The quantitative estimate of drug-likeness (QED) is 0.512. The maximum Gasteiger partial charge on any atom is 0.350 e. The normalized spacial score (nSPS) is 11.2. The van der Waals surface area contributed by atoms with Gasteiger partial charge >= 0.3 is 5.97 Å². The van der Waals surface area contributed by atoms with E-state index in [-0.39, 0.29) is 12.2 Å². The lowest BCUT2D eigenvalue weighted by Gasteiger charge is -2.02. The smallest absolute Gasteiger partial charge is 0.350 e. The van der Waals surface area contributed by atoms with E-state index in [0.717, 1.165) is 11.0 Å². The van der Waals surface area contributed by atoms with Gasteiger partial charge in [-0.1, -0.05) is 0 Å². The lowest BCUT2D eigenvalue weighted by molar-refractivity contribution is -0.138. The number of nitrogens with one attached hydrogen (secondary N) is 1. The average Bonchev–Trinajstić information content (AvgIpc) is 2.79. The van der Waals surface area contributed by atoms with Crippen LogP contribution in [0.1, 0.15) is 6.92 Å². The lowest BCUT2D eigenvalue weighted by Crippen LogP contribution is -2.07. The van der Waals surface area contributed by atoms with Crippen molar-refractivity contribution in [3.63, 3.8) is 0 Å². The molecule has 0 saturated heterocycles. The van der Waals surface area contributed by atoms with Crippen molar-refractivity contribution in [2.75, 3.05) is 11.9 Å². The average molecular weight is 271 g/mol. The van der Waals surface area contributed by atoms with Crippen LogP contribution in [0.25, 0.3) is 11.0 Å². The molecule has 7 heteroatoms. The summed E-state index contributed by atoms with van der Waals surface area (Å²) in [5.74, 6) is -0.650. The maximum atomic E-state index is 11.4. The molecule has 1 aromatic heterocycles. The standard InChI is InChI=1S/C13H13N5O2/c1-3-20-13(19)9(7-14)8-15-10-4-5-11-12(6-10)17-18(2)16-11/h4-6,8,15H,3H2,1-2H3/b9-8+. The molecule has 7 nitrogen and oxygen atoms in total. The number of hydrogen-bond acceptors (Lipinski definition) is 6. The molecule has 0 aliphatic rings. The van der Waals surface area contributed by atoms with E-state index in [2.05, 4.69) is 15.5 Å². The second-order valence-electron chi connectivity index (χ2n) is 3.93. The first-order valence-corrected chi connectivity index (χ1v) is 5.99. The number of benzene rings is 1. The molecule has 2 rings (SSSR count). The zero-order valence-corrected chi connectivity index (χ0v) is 11.1. The Labute approximate surface area is 115 Å². The topological polar surface area (TPSA) is 92.8 Å². The molecule has 0 aliphatic heterocycles. The third kappa shape index (κ3) is 2.92. The molecule has 0 unspecified atom stereocenters. The number of carbonyl (C=O) groups excluding carboxylic acids is 1. The van der Waals surface area contributed by atoms with Crippen LogP contribution in [0.15, 0.2) is 30.0 Å². The number of esters is 1. The SMILES string of the molecule is CCOC(=O)/C(C#N)=C/Nc1ccc2nn(C)nc2c1. The van der Waals surface area contributed by atoms with E-state index in [1.807, 2.05) is 0 Å². The number of fused-ring (bicyclic) bond motifs is 1. The van der Waals surface area contributed by atoms with Gasteiger partial charge in [0, 0.05) is 18.9 Å². The third-order valence-electron chi connectivity index (χ3n) is 2.48. The van der Waals surface area contributed by atoms with Crippen molar-refractivity contribution in [3.8, 4) is 6.07 Å². The Kier molecular flexibility index (Phi) is 3.96. The molecule has 1 N–H and O–H groups in total. The van der Waals surface area contributed by atoms with Crippen LogP contribution in [-0.2, 0) is 16.6 Å². The lowest BCUT2D eigenvalue weighted by atomic mass is 10.2. The van der Waals surface area contributed by atoms with Gasteiger partial charge in [0.15, 0.2) is 5.57 Å². The summed E-state index contributed by atoms with van der Waals surface area (Å²) in [6.07, 6.45) is 1.32. The first-order chi connectivity index (χ1) is 9.63. The number of hydrogen-bond donors (Lipinski definition) is 1. The van der Waals surface area contributed by atoms with Gasteiger partial charge in [0.2, 0.25) is 0 Å². The van der Waals surface area contributed by atoms with Crippen molar-refractivity contribution in [2.24, 2.45) is 7.05 Å². The summed E-state index contributed by atoms with van der Waals surface area (Å²) in [7, 11) is 1.74. The molecule has 0 bridgehead atoms. The first kappa shape index (κ1) is 13.5. The van der Waals surface area contributed by atoms with Crippen LogP contribution in [0.4, 0.5) is 5.69 Å². The highest BCUT2D eigenvalue weighted by molar-refractivity contribution is 5.93. The van der Waals surface area contributed by atoms with Crippen molar-refractivity contribution in [1.82, 2.24) is 15.0 Å². The summed E-state index contributed by atoms with van der Waals surface area (Å²) in [6, 6.07) is 7.15. The van der Waals surface area contributed by atoms with E-state index in [1.54, 1.807) is 38.2 Å². The van der Waals surface area contributed by atoms with Gasteiger partial charge in [0.1, 0.15) is 17.1 Å². The molecule has 2 aromatic rings. The molecule has 0 saturated carbocycles. The molecule has 20 heavy (non-hydrogen) atoms. The molecule has 1 heterocycles. The van der Waals surface area contributed by atoms with Crippen LogP contribution in [0.3, 0.4) is 0 Å². The summed E-state index contributed by atoms with van der Waals surface area (Å²) in [5.41, 5.74) is 2.11. The molecule has 0 aliphatic carbocycles. The number of nitriles is 1. The minimum Gasteiger partial charge on any atom is -0.462 e. The molecule has 0 radical (unpaired) electrons. The van der Waals surface area contributed by atoms with Crippen molar-refractivity contribution in [1.29, 1.82) is 5.26 Å². The number of aromatic nitrogens is 3. The minimum atomic E-state index is -0.650. The van der Waals surface area contributed by atoms with E-state index in [4.69, 9.17) is 10.00 Å². The van der Waals surface area contributed by atoms with Crippen molar-refractivity contribution >= 4 is 22.7 Å². The highest BCUT2D eigenvalue weighted by Gasteiger charge is 2.09. The second kappa shape index (κ2) is 5.84. The van der Waals surface area contributed by atoms with Crippen molar-refractivity contribution < 1.29 is 9.53 Å². The zero-order valence-electron chi connectivity index (χ0n) is 11.1. The Morgan fingerprint density at radius 2 is 2.25 bits per heavy atom. The fourth-order valence-corrected chi connectivity index (χ4v) is 1.61. The Hall–Kier alpha value is -2.88. The van der Waals surface area contributed by atoms with E-state index in [0.29, 0.717) is 5.69 Å². The van der Waals surface area contributed by atoms with Crippen LogP contribution in [0, 0.1) is 11.3 Å². The Morgan fingerprint density at radius 3 is 2.95 bits per heavy atom. The number of anilines is 1. The van der Waals surface area contributed by atoms with Crippen LogP contribution < -0.4 is 5.32 Å². The van der Waals surface area contributed by atoms with E-state index < -0.39 is 5.97 Å².